The van der Waals surface area contributed by atoms with E-state index in [4.69, 9.17) is 11.5 Å². The van der Waals surface area contributed by atoms with Gasteiger partial charge in [0.2, 0.25) is 5.91 Å². The molecule has 1 aromatic rings. The van der Waals surface area contributed by atoms with Crippen LogP contribution in [0.2, 0.25) is 0 Å². The highest BCUT2D eigenvalue weighted by atomic mass is 35.5. The molecule has 0 unspecified atom stereocenters. The summed E-state index contributed by atoms with van der Waals surface area (Å²) in [6, 6.07) is 4.77. The van der Waals surface area contributed by atoms with Gasteiger partial charge in [-0.1, -0.05) is 6.07 Å². The van der Waals surface area contributed by atoms with E-state index in [0.717, 1.165) is 0 Å². The molecule has 0 aromatic carbocycles. The molecule has 0 aliphatic carbocycles. The van der Waals surface area contributed by atoms with Crippen molar-refractivity contribution in [2.75, 3.05) is 12.3 Å². The lowest BCUT2D eigenvalue weighted by Crippen LogP contribution is -2.42. The van der Waals surface area contributed by atoms with Gasteiger partial charge in [0.1, 0.15) is 11.5 Å². The number of nitrogens with zero attached hydrogens (tertiary/aromatic N) is 1. The first kappa shape index (κ1) is 16.2. The van der Waals surface area contributed by atoms with E-state index in [0.29, 0.717) is 0 Å². The smallest absolute Gasteiger partial charge is 0.270 e. The quantitative estimate of drug-likeness (QED) is 0.733. The van der Waals surface area contributed by atoms with Gasteiger partial charge in [-0.2, -0.15) is 0 Å². The van der Waals surface area contributed by atoms with Gasteiger partial charge in [-0.05, 0) is 26.0 Å². The lowest BCUT2D eigenvalue weighted by molar-refractivity contribution is -0.125. The van der Waals surface area contributed by atoms with E-state index in [1.807, 2.05) is 0 Å². The first-order chi connectivity index (χ1) is 7.83. The lowest BCUT2D eigenvalue weighted by atomic mass is 9.93. The van der Waals surface area contributed by atoms with Crippen LogP contribution in [0, 0.1) is 5.41 Å². The Labute approximate surface area is 112 Å². The molecule has 0 aliphatic heterocycles. The summed E-state index contributed by atoms with van der Waals surface area (Å²) in [6.45, 7) is 3.46. The molecule has 0 saturated heterocycles. The number of aromatic nitrogens is 1. The Hall–Kier alpha value is -1.82. The maximum absolute atomic E-state index is 11.7. The highest BCUT2D eigenvalue weighted by molar-refractivity contribution is 5.93. The zero-order valence-corrected chi connectivity index (χ0v) is 11.1. The third-order valence-corrected chi connectivity index (χ3v) is 2.36. The van der Waals surface area contributed by atoms with E-state index in [2.05, 4.69) is 10.3 Å². The van der Waals surface area contributed by atoms with Gasteiger partial charge in [-0.15, -0.1) is 12.4 Å². The minimum absolute atomic E-state index is 0. The second-order valence-electron chi connectivity index (χ2n) is 4.38. The molecule has 0 fully saturated rings. The Balaban J connectivity index is 0.00000289. The summed E-state index contributed by atoms with van der Waals surface area (Å²) in [5.74, 6) is -0.586. The standard InChI is InChI=1S/C11H16N4O2.ClH/c1-11(2,10(13)17)6-14-9(16)7-4-3-5-8(12)15-7;/h3-5H,6H2,1-2H3,(H2,12,15)(H2,13,17)(H,14,16);1H. The van der Waals surface area contributed by atoms with Gasteiger partial charge in [-0.25, -0.2) is 4.98 Å². The molecule has 0 atom stereocenters. The molecule has 0 aliphatic rings. The number of anilines is 1. The summed E-state index contributed by atoms with van der Waals surface area (Å²) in [4.78, 5) is 26.6. The van der Waals surface area contributed by atoms with Crippen molar-refractivity contribution in [2.24, 2.45) is 11.1 Å². The van der Waals surface area contributed by atoms with Crippen LogP contribution in [0.15, 0.2) is 18.2 Å². The Morgan fingerprint density at radius 3 is 2.50 bits per heavy atom. The predicted molar refractivity (Wildman–Crippen MR) is 71.2 cm³/mol. The highest BCUT2D eigenvalue weighted by Crippen LogP contribution is 2.12. The number of pyridine rings is 1. The lowest BCUT2D eigenvalue weighted by Gasteiger charge is -2.20. The molecule has 100 valence electrons. The van der Waals surface area contributed by atoms with E-state index in [-0.39, 0.29) is 36.4 Å². The van der Waals surface area contributed by atoms with E-state index >= 15 is 0 Å². The van der Waals surface area contributed by atoms with Crippen molar-refractivity contribution >= 4 is 30.0 Å². The number of nitrogen functional groups attached to an aromatic ring is 1. The molecule has 6 nitrogen and oxygen atoms in total. The highest BCUT2D eigenvalue weighted by Gasteiger charge is 2.25. The van der Waals surface area contributed by atoms with Crippen LogP contribution >= 0.6 is 12.4 Å². The zero-order valence-electron chi connectivity index (χ0n) is 10.3. The van der Waals surface area contributed by atoms with Gasteiger partial charge >= 0.3 is 0 Å². The van der Waals surface area contributed by atoms with Gasteiger partial charge in [0, 0.05) is 6.54 Å². The summed E-state index contributed by atoms with van der Waals surface area (Å²) in [5, 5.41) is 2.59. The first-order valence-corrected chi connectivity index (χ1v) is 5.13. The number of hydrogen-bond donors (Lipinski definition) is 3. The maximum Gasteiger partial charge on any atom is 0.270 e. The SMILES string of the molecule is CC(C)(CNC(=O)c1cccc(N)n1)C(N)=O.Cl. The van der Waals surface area contributed by atoms with Crippen LogP contribution in [0.5, 0.6) is 0 Å². The van der Waals surface area contributed by atoms with Crippen LogP contribution in [-0.2, 0) is 4.79 Å². The molecule has 18 heavy (non-hydrogen) atoms. The van der Waals surface area contributed by atoms with Crippen molar-refractivity contribution in [3.05, 3.63) is 23.9 Å². The Morgan fingerprint density at radius 1 is 1.39 bits per heavy atom. The fourth-order valence-corrected chi connectivity index (χ4v) is 1.06. The van der Waals surface area contributed by atoms with Crippen LogP contribution < -0.4 is 16.8 Å². The number of nitrogens with one attached hydrogen (secondary N) is 1. The molecule has 0 bridgehead atoms. The molecular weight excluding hydrogens is 256 g/mol. The average molecular weight is 273 g/mol. The average Bonchev–Trinajstić information content (AvgIpc) is 2.25. The largest absolute Gasteiger partial charge is 0.384 e. The van der Waals surface area contributed by atoms with Crippen molar-refractivity contribution in [1.82, 2.24) is 10.3 Å². The summed E-state index contributed by atoms with van der Waals surface area (Å²) in [6.07, 6.45) is 0. The molecule has 0 radical (unpaired) electrons. The monoisotopic (exact) mass is 272 g/mol. The number of carbonyl (C=O) groups excluding carboxylic acids is 2. The van der Waals surface area contributed by atoms with Crippen LogP contribution in [-0.4, -0.2) is 23.3 Å². The van der Waals surface area contributed by atoms with Crippen molar-refractivity contribution < 1.29 is 9.59 Å². The zero-order chi connectivity index (χ0) is 13.1. The van der Waals surface area contributed by atoms with Crippen LogP contribution in [0.3, 0.4) is 0 Å². The number of carbonyl (C=O) groups is 2. The van der Waals surface area contributed by atoms with Crippen LogP contribution in [0.1, 0.15) is 24.3 Å². The second kappa shape index (κ2) is 6.20. The summed E-state index contributed by atoms with van der Waals surface area (Å²) < 4.78 is 0. The maximum atomic E-state index is 11.7. The second-order valence-corrected chi connectivity index (χ2v) is 4.38. The van der Waals surface area contributed by atoms with Gasteiger partial charge in [-0.3, -0.25) is 9.59 Å². The van der Waals surface area contributed by atoms with Gasteiger partial charge in [0.25, 0.3) is 5.91 Å². The molecule has 5 N–H and O–H groups in total. The molecule has 7 heteroatoms. The van der Waals surface area contributed by atoms with E-state index in [1.165, 1.54) is 0 Å². The third-order valence-electron chi connectivity index (χ3n) is 2.36. The summed E-state index contributed by atoms with van der Waals surface area (Å²) in [5.41, 5.74) is 10.1. The number of rotatable bonds is 4. The molecule has 1 aromatic heterocycles. The Kier molecular flexibility index (Phi) is 5.58. The van der Waals surface area contributed by atoms with Gasteiger partial charge in [0.15, 0.2) is 0 Å². The van der Waals surface area contributed by atoms with Gasteiger partial charge < -0.3 is 16.8 Å². The fraction of sp³-hybridized carbons (Fsp3) is 0.364. The van der Waals surface area contributed by atoms with Crippen molar-refractivity contribution in [2.45, 2.75) is 13.8 Å². The minimum Gasteiger partial charge on any atom is -0.384 e. The Morgan fingerprint density at radius 2 is 2.00 bits per heavy atom. The topological polar surface area (TPSA) is 111 Å². The first-order valence-electron chi connectivity index (χ1n) is 5.13. The van der Waals surface area contributed by atoms with E-state index in [9.17, 15) is 9.59 Å². The molecule has 0 saturated carbocycles. The third kappa shape index (κ3) is 4.21. The fourth-order valence-electron chi connectivity index (χ4n) is 1.06. The number of amides is 2. The predicted octanol–water partition coefficient (Wildman–Crippen LogP) is 0.327. The van der Waals surface area contributed by atoms with Gasteiger partial charge in [0.05, 0.1) is 5.41 Å². The molecule has 2 amide bonds. The number of halogens is 1. The van der Waals surface area contributed by atoms with Crippen LogP contribution in [0.4, 0.5) is 5.82 Å². The van der Waals surface area contributed by atoms with Crippen LogP contribution in [0.25, 0.3) is 0 Å². The number of nitrogens with two attached hydrogens (primary N) is 2. The van der Waals surface area contributed by atoms with E-state index in [1.54, 1.807) is 32.0 Å². The number of hydrogen-bond acceptors (Lipinski definition) is 4. The Bertz CT molecular complexity index is 448. The molecule has 1 heterocycles. The summed E-state index contributed by atoms with van der Waals surface area (Å²) in [7, 11) is 0. The van der Waals surface area contributed by atoms with Crippen molar-refractivity contribution in [1.29, 1.82) is 0 Å². The van der Waals surface area contributed by atoms with Crippen molar-refractivity contribution in [3.63, 3.8) is 0 Å². The van der Waals surface area contributed by atoms with Crippen molar-refractivity contribution in [3.8, 4) is 0 Å². The number of primary amides is 1. The summed E-state index contributed by atoms with van der Waals surface area (Å²) >= 11 is 0. The molecular formula is C11H17ClN4O2. The minimum atomic E-state index is -0.796. The molecule has 1 rings (SSSR count). The molecule has 0 spiro atoms. The normalized spacial score (nSPS) is 10.3. The van der Waals surface area contributed by atoms with E-state index < -0.39 is 11.3 Å².